The molecule has 162 valence electrons. The quantitative estimate of drug-likeness (QED) is 0.543. The number of imide groups is 1. The number of hydrogen-bond acceptors (Lipinski definition) is 5. The molecule has 2 aromatic carbocycles. The number of benzene rings is 2. The van der Waals surface area contributed by atoms with Crippen LogP contribution in [0.2, 0.25) is 0 Å². The Morgan fingerprint density at radius 3 is 2.45 bits per heavy atom. The number of amides is 3. The van der Waals surface area contributed by atoms with E-state index in [0.717, 1.165) is 16.8 Å². The maximum atomic E-state index is 12.2. The van der Waals surface area contributed by atoms with Crippen molar-refractivity contribution in [3.63, 3.8) is 0 Å². The Hall–Kier alpha value is -3.13. The van der Waals surface area contributed by atoms with Crippen LogP contribution in [0.15, 0.2) is 53.7 Å². The van der Waals surface area contributed by atoms with Crippen molar-refractivity contribution in [2.24, 2.45) is 5.92 Å². The first-order valence-corrected chi connectivity index (χ1v) is 11.1. The van der Waals surface area contributed by atoms with Crippen LogP contribution in [0.5, 0.6) is 0 Å². The monoisotopic (exact) mass is 437 g/mol. The smallest absolute Gasteiger partial charge is 0.321 e. The van der Waals surface area contributed by atoms with Gasteiger partial charge in [-0.05, 0) is 43.0 Å². The average Bonchev–Trinajstić information content (AvgIpc) is 3.17. The van der Waals surface area contributed by atoms with Crippen molar-refractivity contribution in [1.29, 1.82) is 0 Å². The second kappa shape index (κ2) is 10.3. The van der Waals surface area contributed by atoms with E-state index in [1.807, 2.05) is 54.8 Å². The molecule has 0 unspecified atom stereocenters. The van der Waals surface area contributed by atoms with Crippen LogP contribution in [0.4, 0.5) is 4.79 Å². The number of nitrogens with one attached hydrogen (secondary N) is 2. The minimum atomic E-state index is -0.486. The van der Waals surface area contributed by atoms with Gasteiger partial charge in [-0.2, -0.15) is 0 Å². The average molecular weight is 438 g/mol. The summed E-state index contributed by atoms with van der Waals surface area (Å²) in [5.74, 6) is 0.666. The van der Waals surface area contributed by atoms with Gasteiger partial charge in [-0.3, -0.25) is 14.7 Å². The van der Waals surface area contributed by atoms with E-state index in [-0.39, 0.29) is 11.7 Å². The zero-order valence-electron chi connectivity index (χ0n) is 18.2. The third kappa shape index (κ3) is 5.95. The molecular weight excluding hydrogens is 410 g/mol. The normalized spacial score (nSPS) is 10.9. The predicted molar refractivity (Wildman–Crippen MR) is 123 cm³/mol. The van der Waals surface area contributed by atoms with E-state index in [4.69, 9.17) is 0 Å². The Bertz CT molecular complexity index is 1060. The fourth-order valence-electron chi connectivity index (χ4n) is 2.87. The zero-order chi connectivity index (χ0) is 22.4. The molecule has 1 aromatic heterocycles. The first-order valence-electron chi connectivity index (χ1n) is 10.1. The van der Waals surface area contributed by atoms with Crippen molar-refractivity contribution in [1.82, 2.24) is 25.4 Å². The molecule has 31 heavy (non-hydrogen) atoms. The highest BCUT2D eigenvalue weighted by atomic mass is 32.2. The van der Waals surface area contributed by atoms with Crippen molar-refractivity contribution < 1.29 is 9.59 Å². The van der Waals surface area contributed by atoms with Gasteiger partial charge in [0.1, 0.15) is 0 Å². The zero-order valence-corrected chi connectivity index (χ0v) is 19.0. The lowest BCUT2D eigenvalue weighted by atomic mass is 10.1. The molecule has 0 bridgehead atoms. The number of nitrogens with zero attached hydrogens (tertiary/aromatic N) is 3. The van der Waals surface area contributed by atoms with Crippen molar-refractivity contribution in [2.75, 3.05) is 12.3 Å². The molecule has 3 amide bonds. The molecule has 2 N–H and O–H groups in total. The Morgan fingerprint density at radius 2 is 1.77 bits per heavy atom. The van der Waals surface area contributed by atoms with Gasteiger partial charge in [0.05, 0.1) is 11.4 Å². The summed E-state index contributed by atoms with van der Waals surface area (Å²) in [4.78, 5) is 24.1. The summed E-state index contributed by atoms with van der Waals surface area (Å²) < 4.78 is 1.94. The second-order valence-electron chi connectivity index (χ2n) is 7.72. The van der Waals surface area contributed by atoms with E-state index in [1.54, 1.807) is 0 Å². The van der Waals surface area contributed by atoms with Gasteiger partial charge in [-0.1, -0.05) is 62.0 Å². The van der Waals surface area contributed by atoms with Crippen LogP contribution in [-0.4, -0.2) is 39.0 Å². The Kier molecular flexibility index (Phi) is 7.46. The summed E-state index contributed by atoms with van der Waals surface area (Å²) in [6.07, 6.45) is 0. The summed E-state index contributed by atoms with van der Waals surface area (Å²) in [5.41, 5.74) is 4.20. The summed E-state index contributed by atoms with van der Waals surface area (Å²) in [6.45, 7) is 8.60. The molecule has 8 heteroatoms. The van der Waals surface area contributed by atoms with Crippen LogP contribution >= 0.6 is 11.8 Å². The third-order valence-corrected chi connectivity index (χ3v) is 5.60. The highest BCUT2D eigenvalue weighted by molar-refractivity contribution is 7.99. The van der Waals surface area contributed by atoms with Gasteiger partial charge in [0.2, 0.25) is 5.91 Å². The molecule has 0 saturated carbocycles. The number of carbonyl (C=O) groups excluding carboxylic acids is 2. The molecule has 3 rings (SSSR count). The van der Waals surface area contributed by atoms with Crippen LogP contribution in [0.3, 0.4) is 0 Å². The number of aromatic nitrogens is 3. The van der Waals surface area contributed by atoms with Gasteiger partial charge in [0, 0.05) is 12.1 Å². The van der Waals surface area contributed by atoms with E-state index in [1.165, 1.54) is 17.3 Å². The molecule has 0 saturated heterocycles. The minimum Gasteiger partial charge on any atom is -0.338 e. The lowest BCUT2D eigenvalue weighted by Gasteiger charge is -2.12. The van der Waals surface area contributed by atoms with Gasteiger partial charge < -0.3 is 5.32 Å². The summed E-state index contributed by atoms with van der Waals surface area (Å²) in [7, 11) is 0. The molecule has 3 aromatic rings. The fraction of sp³-hybridized carbons (Fsp3) is 0.304. The molecular formula is C23H27N5O2S. The Morgan fingerprint density at radius 1 is 1.03 bits per heavy atom. The maximum absolute atomic E-state index is 12.2. The van der Waals surface area contributed by atoms with Crippen LogP contribution in [0, 0.1) is 19.8 Å². The van der Waals surface area contributed by atoms with Gasteiger partial charge in [-0.25, -0.2) is 4.79 Å². The molecule has 0 atom stereocenters. The largest absolute Gasteiger partial charge is 0.338 e. The summed E-state index contributed by atoms with van der Waals surface area (Å²) in [6, 6.07) is 15.5. The van der Waals surface area contributed by atoms with Crippen molar-refractivity contribution in [3.05, 3.63) is 59.7 Å². The summed E-state index contributed by atoms with van der Waals surface area (Å²) >= 11 is 1.24. The van der Waals surface area contributed by atoms with Crippen LogP contribution in [0.1, 0.15) is 25.0 Å². The first-order chi connectivity index (χ1) is 14.8. The predicted octanol–water partition coefficient (Wildman–Crippen LogP) is 4.13. The highest BCUT2D eigenvalue weighted by Gasteiger charge is 2.18. The molecule has 0 spiro atoms. The number of urea groups is 1. The third-order valence-electron chi connectivity index (χ3n) is 4.67. The Labute approximate surface area is 186 Å². The lowest BCUT2D eigenvalue weighted by molar-refractivity contribution is -0.117. The number of carbonyl (C=O) groups is 2. The van der Waals surface area contributed by atoms with Crippen molar-refractivity contribution >= 4 is 23.7 Å². The van der Waals surface area contributed by atoms with Crippen molar-refractivity contribution in [2.45, 2.75) is 32.9 Å². The van der Waals surface area contributed by atoms with E-state index in [2.05, 4.69) is 46.8 Å². The molecule has 0 radical (unpaired) electrons. The van der Waals surface area contributed by atoms with Crippen LogP contribution in [-0.2, 0) is 4.79 Å². The van der Waals surface area contributed by atoms with E-state index >= 15 is 0 Å². The number of aryl methyl sites for hydroxylation is 2. The minimum absolute atomic E-state index is 0.0485. The number of rotatable bonds is 7. The molecule has 0 aliphatic rings. The maximum Gasteiger partial charge on any atom is 0.321 e. The lowest BCUT2D eigenvalue weighted by Crippen LogP contribution is -2.41. The first kappa shape index (κ1) is 22.6. The molecule has 7 nitrogen and oxygen atoms in total. The SMILES string of the molecule is Cc1ccc(-n2c(SCC(=O)NC(=O)NCC(C)C)nnc2-c2ccccc2)cc1C. The van der Waals surface area contributed by atoms with E-state index < -0.39 is 6.03 Å². The van der Waals surface area contributed by atoms with Crippen LogP contribution < -0.4 is 10.6 Å². The summed E-state index contributed by atoms with van der Waals surface area (Å²) in [5, 5.41) is 14.3. The standard InChI is InChI=1S/C23H27N5O2S/c1-15(2)13-24-22(30)25-20(29)14-31-23-27-26-21(18-8-6-5-7-9-18)28(23)19-11-10-16(3)17(4)12-19/h5-12,15H,13-14H2,1-4H3,(H2,24,25,29,30). The van der Waals surface area contributed by atoms with Gasteiger partial charge in [0.15, 0.2) is 11.0 Å². The van der Waals surface area contributed by atoms with Crippen LogP contribution in [0.25, 0.3) is 17.1 Å². The molecule has 0 aliphatic carbocycles. The fourth-order valence-corrected chi connectivity index (χ4v) is 3.62. The van der Waals surface area contributed by atoms with E-state index in [0.29, 0.717) is 23.4 Å². The Balaban J connectivity index is 1.82. The van der Waals surface area contributed by atoms with E-state index in [9.17, 15) is 9.59 Å². The van der Waals surface area contributed by atoms with Gasteiger partial charge in [0.25, 0.3) is 0 Å². The molecule has 0 fully saturated rings. The molecule has 1 heterocycles. The number of thioether (sulfide) groups is 1. The topological polar surface area (TPSA) is 88.9 Å². The highest BCUT2D eigenvalue weighted by Crippen LogP contribution is 2.28. The number of hydrogen-bond donors (Lipinski definition) is 2. The van der Waals surface area contributed by atoms with Gasteiger partial charge >= 0.3 is 6.03 Å². The second-order valence-corrected chi connectivity index (χ2v) is 8.66. The van der Waals surface area contributed by atoms with Gasteiger partial charge in [-0.15, -0.1) is 10.2 Å². The molecule has 0 aliphatic heterocycles. The van der Waals surface area contributed by atoms with Crippen molar-refractivity contribution in [3.8, 4) is 17.1 Å².